The molecule has 1 aliphatic heterocycles. The van der Waals surface area contributed by atoms with Crippen molar-refractivity contribution < 1.29 is 4.79 Å². The SMILES string of the molecule is Cc1ccc(C2CC(=O)NC2(C)C)cc1Cl. The van der Waals surface area contributed by atoms with Crippen molar-refractivity contribution in [1.29, 1.82) is 0 Å². The maximum absolute atomic E-state index is 11.5. The van der Waals surface area contributed by atoms with Gasteiger partial charge >= 0.3 is 0 Å². The molecule has 1 unspecified atom stereocenters. The van der Waals surface area contributed by atoms with E-state index in [9.17, 15) is 4.79 Å². The number of halogens is 1. The van der Waals surface area contributed by atoms with E-state index in [1.165, 1.54) is 0 Å². The molecular formula is C13H16ClNO. The summed E-state index contributed by atoms with van der Waals surface area (Å²) in [6.45, 7) is 6.09. The van der Waals surface area contributed by atoms with Crippen molar-refractivity contribution in [3.63, 3.8) is 0 Å². The molecule has 0 aromatic heterocycles. The normalized spacial score (nSPS) is 23.2. The average molecular weight is 238 g/mol. The Morgan fingerprint density at radius 3 is 2.62 bits per heavy atom. The minimum absolute atomic E-state index is 0.117. The van der Waals surface area contributed by atoms with Crippen LogP contribution in [0, 0.1) is 6.92 Å². The Hall–Kier alpha value is -1.02. The zero-order chi connectivity index (χ0) is 11.9. The molecule has 0 radical (unpaired) electrons. The van der Waals surface area contributed by atoms with Gasteiger partial charge in [-0.15, -0.1) is 0 Å². The number of carbonyl (C=O) groups excluding carboxylic acids is 1. The lowest BCUT2D eigenvalue weighted by molar-refractivity contribution is -0.119. The van der Waals surface area contributed by atoms with Crippen molar-refractivity contribution >= 4 is 17.5 Å². The minimum atomic E-state index is -0.185. The monoisotopic (exact) mass is 237 g/mol. The first-order valence-electron chi connectivity index (χ1n) is 5.47. The van der Waals surface area contributed by atoms with Gasteiger partial charge in [-0.05, 0) is 38.0 Å². The summed E-state index contributed by atoms with van der Waals surface area (Å²) in [5.74, 6) is 0.324. The van der Waals surface area contributed by atoms with Crippen molar-refractivity contribution in [2.75, 3.05) is 0 Å². The summed E-state index contributed by atoms with van der Waals surface area (Å²) >= 11 is 6.12. The van der Waals surface area contributed by atoms with Gasteiger partial charge in [-0.25, -0.2) is 0 Å². The molecule has 0 saturated carbocycles. The second-order valence-corrected chi connectivity index (χ2v) is 5.44. The number of benzene rings is 1. The van der Waals surface area contributed by atoms with Crippen molar-refractivity contribution in [1.82, 2.24) is 5.32 Å². The average Bonchev–Trinajstić information content (AvgIpc) is 2.44. The van der Waals surface area contributed by atoms with Gasteiger partial charge in [0.05, 0.1) is 0 Å². The zero-order valence-corrected chi connectivity index (χ0v) is 10.6. The lowest BCUT2D eigenvalue weighted by Crippen LogP contribution is -2.38. The van der Waals surface area contributed by atoms with Gasteiger partial charge in [0.15, 0.2) is 0 Å². The van der Waals surface area contributed by atoms with Crippen molar-refractivity contribution in [2.24, 2.45) is 0 Å². The second-order valence-electron chi connectivity index (χ2n) is 5.04. The Morgan fingerprint density at radius 2 is 2.12 bits per heavy atom. The third kappa shape index (κ3) is 1.94. The Kier molecular flexibility index (Phi) is 2.70. The van der Waals surface area contributed by atoms with Crippen LogP contribution in [0.5, 0.6) is 0 Å². The largest absolute Gasteiger partial charge is 0.351 e. The van der Waals surface area contributed by atoms with Crippen molar-refractivity contribution in [3.05, 3.63) is 34.3 Å². The fourth-order valence-corrected chi connectivity index (χ4v) is 2.49. The van der Waals surface area contributed by atoms with Crippen LogP contribution < -0.4 is 5.32 Å². The Bertz CT molecular complexity index is 440. The maximum Gasteiger partial charge on any atom is 0.221 e. The number of hydrogen-bond donors (Lipinski definition) is 1. The highest BCUT2D eigenvalue weighted by Crippen LogP contribution is 2.37. The molecule has 2 nitrogen and oxygen atoms in total. The van der Waals surface area contributed by atoms with E-state index in [2.05, 4.69) is 25.2 Å². The summed E-state index contributed by atoms with van der Waals surface area (Å²) in [6, 6.07) is 6.05. The van der Waals surface area contributed by atoms with Crippen LogP contribution in [0.4, 0.5) is 0 Å². The summed E-state index contributed by atoms with van der Waals surface area (Å²) in [7, 11) is 0. The molecule has 1 saturated heterocycles. The van der Waals surface area contributed by atoms with Gasteiger partial charge < -0.3 is 5.32 Å². The fraction of sp³-hybridized carbons (Fsp3) is 0.462. The van der Waals surface area contributed by atoms with Gasteiger partial charge in [0.1, 0.15) is 0 Å². The molecule has 1 fully saturated rings. The van der Waals surface area contributed by atoms with Gasteiger partial charge in [0.2, 0.25) is 5.91 Å². The molecule has 1 aromatic rings. The predicted octanol–water partition coefficient (Wildman–Crippen LogP) is 3.03. The number of hydrogen-bond acceptors (Lipinski definition) is 1. The van der Waals surface area contributed by atoms with Crippen molar-refractivity contribution in [3.8, 4) is 0 Å². The van der Waals surface area contributed by atoms with E-state index in [4.69, 9.17) is 11.6 Å². The molecule has 1 aliphatic rings. The third-order valence-corrected chi connectivity index (χ3v) is 3.73. The molecule has 0 spiro atoms. The molecule has 1 atom stereocenters. The van der Waals surface area contributed by atoms with Crippen LogP contribution in [-0.2, 0) is 4.79 Å². The van der Waals surface area contributed by atoms with Gasteiger partial charge in [-0.1, -0.05) is 23.7 Å². The number of rotatable bonds is 1. The van der Waals surface area contributed by atoms with Gasteiger partial charge in [0, 0.05) is 22.9 Å². The molecule has 1 aromatic carbocycles. The number of nitrogens with one attached hydrogen (secondary N) is 1. The van der Waals surface area contributed by atoms with Crippen LogP contribution in [0.2, 0.25) is 5.02 Å². The lowest BCUT2D eigenvalue weighted by Gasteiger charge is -2.26. The Balaban J connectivity index is 2.37. The molecule has 1 amide bonds. The first-order valence-corrected chi connectivity index (χ1v) is 5.85. The quantitative estimate of drug-likeness (QED) is 0.799. The van der Waals surface area contributed by atoms with Crippen LogP contribution in [-0.4, -0.2) is 11.4 Å². The van der Waals surface area contributed by atoms with E-state index < -0.39 is 0 Å². The third-order valence-electron chi connectivity index (χ3n) is 3.32. The molecule has 1 heterocycles. The lowest BCUT2D eigenvalue weighted by atomic mass is 9.83. The molecule has 16 heavy (non-hydrogen) atoms. The summed E-state index contributed by atoms with van der Waals surface area (Å²) in [6.07, 6.45) is 0.548. The van der Waals surface area contributed by atoms with Crippen LogP contribution in [0.3, 0.4) is 0 Å². The summed E-state index contributed by atoms with van der Waals surface area (Å²) < 4.78 is 0. The van der Waals surface area contributed by atoms with Crippen LogP contribution in [0.25, 0.3) is 0 Å². The van der Waals surface area contributed by atoms with Gasteiger partial charge in [-0.2, -0.15) is 0 Å². The Labute approximate surface area is 101 Å². The molecule has 0 aliphatic carbocycles. The smallest absolute Gasteiger partial charge is 0.221 e. The van der Waals surface area contributed by atoms with Gasteiger partial charge in [0.25, 0.3) is 0 Å². The van der Waals surface area contributed by atoms with Crippen LogP contribution >= 0.6 is 11.6 Å². The molecule has 86 valence electrons. The number of carbonyl (C=O) groups is 1. The highest BCUT2D eigenvalue weighted by molar-refractivity contribution is 6.31. The zero-order valence-electron chi connectivity index (χ0n) is 9.80. The maximum atomic E-state index is 11.5. The fourth-order valence-electron chi connectivity index (χ4n) is 2.30. The van der Waals surface area contributed by atoms with Crippen molar-refractivity contribution in [2.45, 2.75) is 38.6 Å². The number of aryl methyl sites for hydroxylation is 1. The molecule has 1 N–H and O–H groups in total. The second kappa shape index (κ2) is 3.77. The molecular weight excluding hydrogens is 222 g/mol. The first-order chi connectivity index (χ1) is 7.40. The van der Waals surface area contributed by atoms with Crippen LogP contribution in [0.15, 0.2) is 18.2 Å². The van der Waals surface area contributed by atoms with E-state index in [0.29, 0.717) is 6.42 Å². The Morgan fingerprint density at radius 1 is 1.44 bits per heavy atom. The van der Waals surface area contributed by atoms with E-state index in [0.717, 1.165) is 16.1 Å². The first kappa shape index (κ1) is 11.5. The molecule has 0 bridgehead atoms. The highest BCUT2D eigenvalue weighted by Gasteiger charge is 2.39. The van der Waals surface area contributed by atoms with Gasteiger partial charge in [-0.3, -0.25) is 4.79 Å². The summed E-state index contributed by atoms with van der Waals surface area (Å²) in [5.41, 5.74) is 2.02. The molecule has 3 heteroatoms. The van der Waals surface area contributed by atoms with E-state index in [1.54, 1.807) is 0 Å². The minimum Gasteiger partial charge on any atom is -0.351 e. The van der Waals surface area contributed by atoms with E-state index in [1.807, 2.05) is 19.1 Å². The van der Waals surface area contributed by atoms with E-state index in [-0.39, 0.29) is 17.4 Å². The van der Waals surface area contributed by atoms with Crippen LogP contribution in [0.1, 0.15) is 37.3 Å². The number of amides is 1. The predicted molar refractivity (Wildman–Crippen MR) is 65.8 cm³/mol. The summed E-state index contributed by atoms with van der Waals surface area (Å²) in [5, 5.41) is 3.76. The standard InChI is InChI=1S/C13H16ClNO/c1-8-4-5-9(6-11(8)14)10-7-12(16)15-13(10,2)3/h4-6,10H,7H2,1-3H3,(H,15,16). The topological polar surface area (TPSA) is 29.1 Å². The summed E-state index contributed by atoms with van der Waals surface area (Å²) in [4.78, 5) is 11.5. The highest BCUT2D eigenvalue weighted by atomic mass is 35.5. The molecule has 2 rings (SSSR count). The van der Waals surface area contributed by atoms with E-state index >= 15 is 0 Å².